The molecule has 5 rings (SSSR count). The average Bonchev–Trinajstić information content (AvgIpc) is 3.31. The Morgan fingerprint density at radius 3 is 2.26 bits per heavy atom. The van der Waals surface area contributed by atoms with Crippen molar-refractivity contribution in [3.8, 4) is 5.69 Å². The molecular formula is C26H17BrClN3O3. The second-order valence-corrected chi connectivity index (χ2v) is 9.19. The smallest absolute Gasteiger partial charge is 0.261 e. The van der Waals surface area contributed by atoms with Gasteiger partial charge >= 0.3 is 0 Å². The van der Waals surface area contributed by atoms with Gasteiger partial charge < -0.3 is 0 Å². The Labute approximate surface area is 208 Å². The van der Waals surface area contributed by atoms with Gasteiger partial charge in [0.1, 0.15) is 5.82 Å². The lowest BCUT2D eigenvalue weighted by molar-refractivity contribution is 0.0637. The molecule has 0 spiro atoms. The van der Waals surface area contributed by atoms with E-state index in [4.69, 9.17) is 11.6 Å². The number of nitrogens with zero attached hydrogens (tertiary/aromatic N) is 3. The Morgan fingerprint density at radius 2 is 1.59 bits per heavy atom. The van der Waals surface area contributed by atoms with Crippen LogP contribution in [0.1, 0.15) is 48.2 Å². The molecule has 0 aliphatic carbocycles. The van der Waals surface area contributed by atoms with E-state index in [1.165, 1.54) is 4.90 Å². The van der Waals surface area contributed by atoms with Crippen LogP contribution in [0.5, 0.6) is 0 Å². The molecule has 4 aromatic rings. The predicted octanol–water partition coefficient (Wildman–Crippen LogP) is 5.62. The van der Waals surface area contributed by atoms with E-state index >= 15 is 0 Å². The van der Waals surface area contributed by atoms with Crippen LogP contribution in [0.4, 0.5) is 0 Å². The fourth-order valence-electron chi connectivity index (χ4n) is 4.13. The molecule has 3 aromatic carbocycles. The van der Waals surface area contributed by atoms with Gasteiger partial charge in [-0.25, -0.2) is 4.98 Å². The molecule has 0 radical (unpaired) electrons. The van der Waals surface area contributed by atoms with Crippen molar-refractivity contribution in [2.45, 2.75) is 13.5 Å². The van der Waals surface area contributed by atoms with E-state index in [1.54, 1.807) is 71.4 Å². The number of amides is 2. The number of hydrogen-bond donors (Lipinski definition) is 0. The minimum Gasteiger partial charge on any atom is -0.299 e. The lowest BCUT2D eigenvalue weighted by Crippen LogP contribution is -2.30. The van der Waals surface area contributed by atoms with Crippen LogP contribution in [-0.4, -0.2) is 32.0 Å². The monoisotopic (exact) mass is 533 g/mol. The molecule has 0 fully saturated rings. The minimum atomic E-state index is -0.365. The molecule has 1 aliphatic heterocycles. The first kappa shape index (κ1) is 22.3. The third kappa shape index (κ3) is 3.67. The standard InChI is InChI=1S/C26H17BrClN3O3/c1-15-13-29-23(14-30-25(33)17-6-2-3-7-18(17)26(30)34)31(15)22-11-10-16(27)12-20(22)24(32)19-8-4-5-9-21(19)28/h2-13H,14H2,1H3. The van der Waals surface area contributed by atoms with Gasteiger partial charge in [0, 0.05) is 27.5 Å². The summed E-state index contributed by atoms with van der Waals surface area (Å²) in [4.78, 5) is 44.9. The van der Waals surface area contributed by atoms with Crippen molar-refractivity contribution in [1.82, 2.24) is 14.5 Å². The highest BCUT2D eigenvalue weighted by Crippen LogP contribution is 2.29. The van der Waals surface area contributed by atoms with Crippen molar-refractivity contribution < 1.29 is 14.4 Å². The number of aromatic nitrogens is 2. The lowest BCUT2D eigenvalue weighted by atomic mass is 10.0. The van der Waals surface area contributed by atoms with Crippen molar-refractivity contribution in [2.75, 3.05) is 0 Å². The van der Waals surface area contributed by atoms with E-state index in [0.717, 1.165) is 10.2 Å². The number of imide groups is 1. The van der Waals surface area contributed by atoms with E-state index < -0.39 is 0 Å². The van der Waals surface area contributed by atoms with E-state index in [2.05, 4.69) is 20.9 Å². The summed E-state index contributed by atoms with van der Waals surface area (Å²) in [6.45, 7) is 1.82. The molecule has 34 heavy (non-hydrogen) atoms. The highest BCUT2D eigenvalue weighted by Gasteiger charge is 2.36. The number of halogens is 2. The van der Waals surface area contributed by atoms with Crippen LogP contribution in [0.25, 0.3) is 5.69 Å². The molecule has 1 aromatic heterocycles. The van der Waals surface area contributed by atoms with Crippen molar-refractivity contribution in [3.05, 3.63) is 116 Å². The van der Waals surface area contributed by atoms with Crippen molar-refractivity contribution >= 4 is 45.1 Å². The van der Waals surface area contributed by atoms with Gasteiger partial charge in [-0.3, -0.25) is 23.9 Å². The van der Waals surface area contributed by atoms with Crippen molar-refractivity contribution in [1.29, 1.82) is 0 Å². The van der Waals surface area contributed by atoms with Gasteiger partial charge in [0.05, 0.1) is 28.4 Å². The highest BCUT2D eigenvalue weighted by atomic mass is 79.9. The summed E-state index contributed by atoms with van der Waals surface area (Å²) < 4.78 is 2.52. The van der Waals surface area contributed by atoms with Gasteiger partial charge in [-0.05, 0) is 49.4 Å². The van der Waals surface area contributed by atoms with Crippen LogP contribution in [0.2, 0.25) is 5.02 Å². The Balaban J connectivity index is 1.58. The van der Waals surface area contributed by atoms with Gasteiger partial charge in [-0.15, -0.1) is 0 Å². The maximum atomic E-state index is 13.5. The summed E-state index contributed by atoms with van der Waals surface area (Å²) in [5.74, 6) is -0.517. The average molecular weight is 535 g/mol. The molecule has 2 amide bonds. The molecule has 0 N–H and O–H groups in total. The molecule has 0 unspecified atom stereocenters. The molecule has 0 saturated carbocycles. The molecule has 2 heterocycles. The maximum Gasteiger partial charge on any atom is 0.261 e. The number of benzene rings is 3. The number of carbonyl (C=O) groups is 3. The van der Waals surface area contributed by atoms with Crippen LogP contribution < -0.4 is 0 Å². The van der Waals surface area contributed by atoms with Crippen molar-refractivity contribution in [2.24, 2.45) is 0 Å². The van der Waals surface area contributed by atoms with Crippen LogP contribution in [0, 0.1) is 6.92 Å². The Morgan fingerprint density at radius 1 is 0.941 bits per heavy atom. The van der Waals surface area contributed by atoms with Gasteiger partial charge in [0.25, 0.3) is 11.8 Å². The summed E-state index contributed by atoms with van der Waals surface area (Å²) in [7, 11) is 0. The molecule has 1 aliphatic rings. The van der Waals surface area contributed by atoms with Gasteiger partial charge in [0.15, 0.2) is 5.78 Å². The van der Waals surface area contributed by atoms with E-state index in [1.807, 2.05) is 13.0 Å². The molecule has 0 atom stereocenters. The van der Waals surface area contributed by atoms with E-state index in [9.17, 15) is 14.4 Å². The normalized spacial score (nSPS) is 12.9. The van der Waals surface area contributed by atoms with Crippen molar-refractivity contribution in [3.63, 3.8) is 0 Å². The van der Waals surface area contributed by atoms with Crippen LogP contribution in [0.15, 0.2) is 77.4 Å². The summed E-state index contributed by atoms with van der Waals surface area (Å²) in [6.07, 6.45) is 1.65. The molecule has 8 heteroatoms. The Bertz CT molecular complexity index is 1460. The van der Waals surface area contributed by atoms with Crippen LogP contribution in [-0.2, 0) is 6.54 Å². The van der Waals surface area contributed by atoms with E-state index in [0.29, 0.717) is 38.8 Å². The first-order chi connectivity index (χ1) is 16.4. The zero-order chi connectivity index (χ0) is 24.0. The number of fused-ring (bicyclic) bond motifs is 1. The zero-order valence-corrected chi connectivity index (χ0v) is 20.3. The molecule has 168 valence electrons. The Hall–Kier alpha value is -3.55. The molecule has 0 bridgehead atoms. The van der Waals surface area contributed by atoms with E-state index in [-0.39, 0.29) is 24.1 Å². The van der Waals surface area contributed by atoms with Crippen LogP contribution in [0.3, 0.4) is 0 Å². The number of ketones is 1. The van der Waals surface area contributed by atoms with Crippen LogP contribution >= 0.6 is 27.5 Å². The SMILES string of the molecule is Cc1cnc(CN2C(=O)c3ccccc3C2=O)n1-c1ccc(Br)cc1C(=O)c1ccccc1Cl. The second-order valence-electron chi connectivity index (χ2n) is 7.86. The third-order valence-electron chi connectivity index (χ3n) is 5.75. The second kappa shape index (κ2) is 8.66. The maximum absolute atomic E-state index is 13.5. The Kier molecular flexibility index (Phi) is 5.67. The largest absolute Gasteiger partial charge is 0.299 e. The number of imidazole rings is 1. The summed E-state index contributed by atoms with van der Waals surface area (Å²) in [6, 6.07) is 19.0. The molecule has 6 nitrogen and oxygen atoms in total. The summed E-state index contributed by atoms with van der Waals surface area (Å²) in [5, 5.41) is 0.354. The fraction of sp³-hybridized carbons (Fsp3) is 0.0769. The lowest BCUT2D eigenvalue weighted by Gasteiger charge is -2.18. The number of hydrogen-bond acceptors (Lipinski definition) is 4. The summed E-state index contributed by atoms with van der Waals surface area (Å²) >= 11 is 9.76. The number of aryl methyl sites for hydroxylation is 1. The first-order valence-corrected chi connectivity index (χ1v) is 11.6. The first-order valence-electron chi connectivity index (χ1n) is 10.4. The number of rotatable bonds is 5. The fourth-order valence-corrected chi connectivity index (χ4v) is 4.71. The minimum absolute atomic E-state index is 0.0318. The summed E-state index contributed by atoms with van der Waals surface area (Å²) in [5.41, 5.74) is 2.87. The van der Waals surface area contributed by atoms with Gasteiger partial charge in [-0.2, -0.15) is 0 Å². The molecular weight excluding hydrogens is 518 g/mol. The predicted molar refractivity (Wildman–Crippen MR) is 132 cm³/mol. The zero-order valence-electron chi connectivity index (χ0n) is 18.0. The van der Waals surface area contributed by atoms with Gasteiger partial charge in [0.2, 0.25) is 0 Å². The highest BCUT2D eigenvalue weighted by molar-refractivity contribution is 9.10. The number of carbonyl (C=O) groups excluding carboxylic acids is 3. The third-order valence-corrected chi connectivity index (χ3v) is 6.57. The molecule has 0 saturated heterocycles. The quantitative estimate of drug-likeness (QED) is 0.246. The van der Waals surface area contributed by atoms with Gasteiger partial charge in [-0.1, -0.05) is 51.8 Å². The topological polar surface area (TPSA) is 72.3 Å².